The van der Waals surface area contributed by atoms with E-state index in [1.54, 1.807) is 0 Å². The second kappa shape index (κ2) is 70.7. The van der Waals surface area contributed by atoms with Crippen LogP contribution in [-0.2, 0) is 32.7 Å². The molecule has 0 fully saturated rings. The zero-order chi connectivity index (χ0) is 66.9. The molecule has 1 N–H and O–H groups in total. The first-order chi connectivity index (χ1) is 45.0. The lowest BCUT2D eigenvalue weighted by Crippen LogP contribution is -2.37. The molecule has 2 unspecified atom stereocenters. The van der Waals surface area contributed by atoms with Gasteiger partial charge in [0.2, 0.25) is 0 Å². The Morgan fingerprint density at radius 2 is 0.587 bits per heavy atom. The fraction of sp³-hybridized carbons (Fsp3) is 0.634. The Kier molecular flexibility index (Phi) is 67.1. The molecule has 92 heavy (non-hydrogen) atoms. The molecule has 0 amide bonds. The van der Waals surface area contributed by atoms with Crippen LogP contribution in [0.15, 0.2) is 170 Å². The third-order valence-corrected chi connectivity index (χ3v) is 16.2. The van der Waals surface area contributed by atoms with Crippen LogP contribution in [0.25, 0.3) is 0 Å². The number of nitrogens with zero attached hydrogens (tertiary/aromatic N) is 1. The number of allylic oxidation sites excluding steroid dienone is 28. The van der Waals surface area contributed by atoms with Crippen molar-refractivity contribution in [2.45, 2.75) is 290 Å². The van der Waals surface area contributed by atoms with Gasteiger partial charge in [0, 0.05) is 12.8 Å². The van der Waals surface area contributed by atoms with Crippen molar-refractivity contribution in [3.05, 3.63) is 170 Å². The largest absolute Gasteiger partial charge is 0.472 e. The predicted molar refractivity (Wildman–Crippen MR) is 399 cm³/mol. The van der Waals surface area contributed by atoms with Crippen LogP contribution in [0, 0.1) is 0 Å². The van der Waals surface area contributed by atoms with Crippen LogP contribution in [0.4, 0.5) is 0 Å². The van der Waals surface area contributed by atoms with Crippen LogP contribution >= 0.6 is 7.82 Å². The lowest BCUT2D eigenvalue weighted by molar-refractivity contribution is -0.870. The summed E-state index contributed by atoms with van der Waals surface area (Å²) in [5.74, 6) is -0.809. The molecule has 522 valence electrons. The lowest BCUT2D eigenvalue weighted by atomic mass is 10.0. The minimum atomic E-state index is -4.41. The van der Waals surface area contributed by atoms with Crippen molar-refractivity contribution >= 4 is 19.8 Å². The molecular formula is C82H137NO8P+. The van der Waals surface area contributed by atoms with Crippen LogP contribution < -0.4 is 0 Å². The summed E-state index contributed by atoms with van der Waals surface area (Å²) < 4.78 is 34.8. The highest BCUT2D eigenvalue weighted by atomic mass is 31.2. The summed E-state index contributed by atoms with van der Waals surface area (Å²) >= 11 is 0. The topological polar surface area (TPSA) is 108 Å². The van der Waals surface area contributed by atoms with E-state index in [1.165, 1.54) is 116 Å². The number of carbonyl (C=O) groups is 2. The number of esters is 2. The van der Waals surface area contributed by atoms with E-state index in [0.717, 1.165) is 135 Å². The summed E-state index contributed by atoms with van der Waals surface area (Å²) in [4.78, 5) is 35.9. The number of unbranched alkanes of at least 4 members (excludes halogenated alkanes) is 24. The van der Waals surface area contributed by atoms with E-state index in [1.807, 2.05) is 21.1 Å². The molecule has 0 aromatic heterocycles. The number of quaternary nitrogens is 1. The van der Waals surface area contributed by atoms with Crippen LogP contribution in [0.1, 0.15) is 284 Å². The molecule has 10 heteroatoms. The smallest absolute Gasteiger partial charge is 0.462 e. The molecule has 0 saturated heterocycles. The zero-order valence-corrected chi connectivity index (χ0v) is 60.4. The van der Waals surface area contributed by atoms with Gasteiger partial charge in [0.15, 0.2) is 6.10 Å². The summed E-state index contributed by atoms with van der Waals surface area (Å²) in [6.45, 7) is 4.20. The van der Waals surface area contributed by atoms with Crippen molar-refractivity contribution in [2.24, 2.45) is 0 Å². The van der Waals surface area contributed by atoms with Gasteiger partial charge in [-0.1, -0.05) is 312 Å². The Morgan fingerprint density at radius 3 is 0.870 bits per heavy atom. The fourth-order valence-electron chi connectivity index (χ4n) is 9.68. The summed E-state index contributed by atoms with van der Waals surface area (Å²) in [7, 11) is 1.46. The van der Waals surface area contributed by atoms with Gasteiger partial charge < -0.3 is 18.9 Å². The van der Waals surface area contributed by atoms with E-state index in [-0.39, 0.29) is 32.0 Å². The van der Waals surface area contributed by atoms with Gasteiger partial charge >= 0.3 is 19.8 Å². The molecule has 0 spiro atoms. The monoisotopic (exact) mass is 1300 g/mol. The number of ether oxygens (including phenoxy) is 2. The predicted octanol–water partition coefficient (Wildman–Crippen LogP) is 24.5. The molecule has 0 aliphatic carbocycles. The van der Waals surface area contributed by atoms with Crippen LogP contribution in [0.3, 0.4) is 0 Å². The molecule has 2 atom stereocenters. The first-order valence-corrected chi connectivity index (χ1v) is 38.4. The molecule has 0 aromatic rings. The van der Waals surface area contributed by atoms with E-state index >= 15 is 0 Å². The number of likely N-dealkylation sites (N-methyl/N-ethyl adjacent to an activating group) is 1. The second-order valence-electron chi connectivity index (χ2n) is 25.2. The average Bonchev–Trinajstić information content (AvgIpc) is 2.34. The summed E-state index contributed by atoms with van der Waals surface area (Å²) in [6, 6.07) is 0. The highest BCUT2D eigenvalue weighted by Gasteiger charge is 2.27. The Morgan fingerprint density at radius 1 is 0.337 bits per heavy atom. The number of hydrogen-bond acceptors (Lipinski definition) is 7. The Labute approximate surface area is 566 Å². The number of phosphoric acid groups is 1. The van der Waals surface area contributed by atoms with Gasteiger partial charge in [-0.05, 0) is 128 Å². The molecule has 0 heterocycles. The van der Waals surface area contributed by atoms with Gasteiger partial charge in [-0.25, -0.2) is 4.57 Å². The first-order valence-electron chi connectivity index (χ1n) is 36.9. The van der Waals surface area contributed by atoms with Crippen LogP contribution in [-0.4, -0.2) is 74.9 Å². The zero-order valence-electron chi connectivity index (χ0n) is 59.5. The van der Waals surface area contributed by atoms with Crippen LogP contribution in [0.5, 0.6) is 0 Å². The Balaban J connectivity index is 4.09. The number of hydrogen-bond donors (Lipinski definition) is 1. The molecule has 0 radical (unpaired) electrons. The van der Waals surface area contributed by atoms with Gasteiger partial charge in [-0.15, -0.1) is 0 Å². The quantitative estimate of drug-likeness (QED) is 0.0211. The van der Waals surface area contributed by atoms with Crippen molar-refractivity contribution in [2.75, 3.05) is 47.5 Å². The van der Waals surface area contributed by atoms with Crippen molar-refractivity contribution < 1.29 is 42.1 Å². The van der Waals surface area contributed by atoms with E-state index in [2.05, 4.69) is 184 Å². The van der Waals surface area contributed by atoms with Crippen molar-refractivity contribution in [1.29, 1.82) is 0 Å². The van der Waals surface area contributed by atoms with Gasteiger partial charge in [0.1, 0.15) is 19.8 Å². The Hall–Kier alpha value is -4.63. The number of carbonyl (C=O) groups excluding carboxylic acids is 2. The molecular weight excluding hydrogens is 1160 g/mol. The van der Waals surface area contributed by atoms with E-state index in [0.29, 0.717) is 17.4 Å². The van der Waals surface area contributed by atoms with Crippen LogP contribution in [0.2, 0.25) is 0 Å². The number of rotatable bonds is 66. The maximum absolute atomic E-state index is 12.9. The molecule has 0 aliphatic heterocycles. The van der Waals surface area contributed by atoms with Gasteiger partial charge in [-0.3, -0.25) is 18.6 Å². The molecule has 0 aliphatic rings. The van der Waals surface area contributed by atoms with E-state index in [4.69, 9.17) is 18.5 Å². The molecule has 0 saturated carbocycles. The molecule has 9 nitrogen and oxygen atoms in total. The highest BCUT2D eigenvalue weighted by molar-refractivity contribution is 7.47. The maximum atomic E-state index is 12.9. The molecule has 0 rings (SSSR count). The fourth-order valence-corrected chi connectivity index (χ4v) is 10.4. The summed E-state index contributed by atoms with van der Waals surface area (Å²) in [5, 5.41) is 0. The van der Waals surface area contributed by atoms with E-state index in [9.17, 15) is 19.0 Å². The summed E-state index contributed by atoms with van der Waals surface area (Å²) in [5.41, 5.74) is 0. The Bertz CT molecular complexity index is 2160. The van der Waals surface area contributed by atoms with Gasteiger partial charge in [0.25, 0.3) is 0 Å². The third-order valence-electron chi connectivity index (χ3n) is 15.2. The third kappa shape index (κ3) is 74.4. The van der Waals surface area contributed by atoms with E-state index < -0.39 is 26.5 Å². The number of phosphoric ester groups is 1. The van der Waals surface area contributed by atoms with Crippen molar-refractivity contribution in [1.82, 2.24) is 0 Å². The first kappa shape index (κ1) is 87.4. The average molecular weight is 1300 g/mol. The highest BCUT2D eigenvalue weighted by Crippen LogP contribution is 2.43. The standard InChI is InChI=1S/C82H136NO8P/c1-6-8-10-12-14-16-18-20-22-24-26-28-30-32-34-36-38-39-40-41-42-43-45-47-49-51-53-55-57-59-61-63-65-67-69-71-73-75-82(85)91-80(79-90-92(86,87)89-77-76-83(3,4)5)78-88-81(84)74-72-70-68-66-64-62-60-58-56-54-52-50-48-46-44-37-35-33-31-29-27-25-23-21-19-17-15-13-11-9-7-2/h8-11,14-17,20-23,26-29,32-35,38-39,41-42,45,47,51,53,80H,6-7,12-13,18-19,24-25,30-31,36-37,40,43-44,46,48-50,52,54-79H2,1-5H3/p+1/b10-8-,11-9-,16-14-,17-15-,22-20-,23-21-,28-26-,29-27-,34-32-,35-33-,39-38-,42-41-,47-45-,53-51-. The van der Waals surface area contributed by atoms with Gasteiger partial charge in [-0.2, -0.15) is 0 Å². The maximum Gasteiger partial charge on any atom is 0.472 e. The summed E-state index contributed by atoms with van der Waals surface area (Å²) in [6.07, 6.45) is 107. The van der Waals surface area contributed by atoms with Gasteiger partial charge in [0.05, 0.1) is 27.7 Å². The SMILES string of the molecule is CC/C=C\C/C=C\C/C=C\C/C=C\C/C=C\C/C=C\C/C=C\C/C=C\C/C=C\CCCCCCCCCCCC(=O)OC(COC(=O)CCCCCCCCCCCCCCCCC/C=C\C/C=C\C/C=C\C/C=C\C/C=C\CC)COP(=O)(O)OCC[N+](C)(C)C. The molecule has 0 bridgehead atoms. The van der Waals surface area contributed by atoms with Crippen molar-refractivity contribution in [3.8, 4) is 0 Å². The van der Waals surface area contributed by atoms with Crippen molar-refractivity contribution in [3.63, 3.8) is 0 Å². The minimum Gasteiger partial charge on any atom is -0.462 e. The lowest BCUT2D eigenvalue weighted by Gasteiger charge is -2.24. The normalized spacial score (nSPS) is 14.1. The second-order valence-corrected chi connectivity index (χ2v) is 26.7. The minimum absolute atomic E-state index is 0.0229. The molecule has 0 aromatic carbocycles.